The van der Waals surface area contributed by atoms with Gasteiger partial charge in [-0.2, -0.15) is 4.74 Å². The van der Waals surface area contributed by atoms with Crippen molar-refractivity contribution in [1.29, 1.82) is 0 Å². The van der Waals surface area contributed by atoms with E-state index < -0.39 is 0 Å². The molecule has 0 saturated heterocycles. The zero-order valence-corrected chi connectivity index (χ0v) is 9.57. The molecule has 0 saturated carbocycles. The van der Waals surface area contributed by atoms with Gasteiger partial charge in [0.25, 0.3) is 5.56 Å². The number of aromatic nitrogens is 1. The number of nitrogen functional groups attached to an aromatic ring is 1. The van der Waals surface area contributed by atoms with Gasteiger partial charge in [0.2, 0.25) is 5.88 Å². The van der Waals surface area contributed by atoms with Crippen LogP contribution in [0.5, 0.6) is 0 Å². The van der Waals surface area contributed by atoms with E-state index in [0.29, 0.717) is 5.56 Å². The van der Waals surface area contributed by atoms with E-state index in [4.69, 9.17) is 10.3 Å². The molecule has 0 aliphatic heterocycles. The van der Waals surface area contributed by atoms with Crippen LogP contribution in [0.4, 0.5) is 5.88 Å². The maximum atomic E-state index is 11.8. The van der Waals surface area contributed by atoms with Gasteiger partial charge < -0.3 is 10.3 Å². The van der Waals surface area contributed by atoms with Crippen molar-refractivity contribution in [1.82, 2.24) is 4.74 Å². The Hall–Kier alpha value is -1.97. The topological polar surface area (TPSA) is 61.2 Å². The molecule has 0 atom stereocenters. The van der Waals surface area contributed by atoms with Crippen molar-refractivity contribution in [2.45, 2.75) is 13.8 Å². The lowest BCUT2D eigenvalue weighted by atomic mass is 10.0. The lowest BCUT2D eigenvalue weighted by Crippen LogP contribution is -2.12. The summed E-state index contributed by atoms with van der Waals surface area (Å²) >= 11 is 0. The fraction of sp³-hybridized carbons (Fsp3) is 0.250. The number of anilines is 1. The first kappa shape index (κ1) is 10.5. The smallest absolute Gasteiger partial charge is 0.292 e. The van der Waals surface area contributed by atoms with Crippen LogP contribution >= 0.6 is 0 Å². The zero-order chi connectivity index (χ0) is 11.9. The lowest BCUT2D eigenvalue weighted by molar-refractivity contribution is 0.310. The van der Waals surface area contributed by atoms with Gasteiger partial charge in [-0.1, -0.05) is 23.8 Å². The van der Waals surface area contributed by atoms with E-state index in [0.717, 1.165) is 21.4 Å². The summed E-state index contributed by atoms with van der Waals surface area (Å²) in [7, 11) is 1.55. The van der Waals surface area contributed by atoms with Crippen molar-refractivity contribution in [2.75, 3.05) is 5.73 Å². The minimum atomic E-state index is -0.203. The Morgan fingerprint density at radius 2 is 2.00 bits per heavy atom. The Morgan fingerprint density at radius 3 is 2.56 bits per heavy atom. The molecule has 0 aliphatic carbocycles. The Kier molecular flexibility index (Phi) is 2.34. The fourth-order valence-corrected chi connectivity index (χ4v) is 1.75. The first-order chi connectivity index (χ1) is 7.50. The molecule has 0 fully saturated rings. The minimum absolute atomic E-state index is 0.168. The number of nitrogens with two attached hydrogens (primary N) is 1. The van der Waals surface area contributed by atoms with Crippen LogP contribution in [0.3, 0.4) is 0 Å². The van der Waals surface area contributed by atoms with Crippen LogP contribution in [-0.4, -0.2) is 4.74 Å². The van der Waals surface area contributed by atoms with Gasteiger partial charge in [-0.25, -0.2) is 0 Å². The number of aryl methyl sites for hydroxylation is 3. The number of benzene rings is 1. The third-order valence-corrected chi connectivity index (χ3v) is 2.64. The van der Waals surface area contributed by atoms with E-state index in [1.54, 1.807) is 7.05 Å². The molecule has 2 rings (SSSR count). The first-order valence-electron chi connectivity index (χ1n) is 5.04. The minimum Gasteiger partial charge on any atom is -0.367 e. The monoisotopic (exact) mass is 218 g/mol. The molecule has 0 radical (unpaired) electrons. The van der Waals surface area contributed by atoms with Crippen molar-refractivity contribution < 1.29 is 4.52 Å². The third kappa shape index (κ3) is 1.52. The van der Waals surface area contributed by atoms with Gasteiger partial charge in [-0.15, -0.1) is 0 Å². The summed E-state index contributed by atoms with van der Waals surface area (Å²) in [5.41, 5.74) is 8.89. The van der Waals surface area contributed by atoms with Crippen molar-refractivity contribution >= 4 is 5.88 Å². The van der Waals surface area contributed by atoms with Crippen LogP contribution in [0.1, 0.15) is 11.1 Å². The van der Waals surface area contributed by atoms with Crippen molar-refractivity contribution in [2.24, 2.45) is 7.05 Å². The zero-order valence-electron chi connectivity index (χ0n) is 9.57. The van der Waals surface area contributed by atoms with Gasteiger partial charge in [-0.05, 0) is 25.0 Å². The van der Waals surface area contributed by atoms with Gasteiger partial charge in [0.15, 0.2) is 0 Å². The Morgan fingerprint density at radius 1 is 1.31 bits per heavy atom. The predicted octanol–water partition coefficient (Wildman–Crippen LogP) is 1.84. The molecule has 0 amide bonds. The second-order valence-corrected chi connectivity index (χ2v) is 3.95. The average molecular weight is 218 g/mol. The fourth-order valence-electron chi connectivity index (χ4n) is 1.75. The van der Waals surface area contributed by atoms with Gasteiger partial charge in [0.05, 0.1) is 0 Å². The molecule has 1 aromatic carbocycles. The van der Waals surface area contributed by atoms with Gasteiger partial charge in [0, 0.05) is 7.05 Å². The van der Waals surface area contributed by atoms with Crippen LogP contribution < -0.4 is 11.3 Å². The molecular weight excluding hydrogens is 204 g/mol. The molecule has 4 heteroatoms. The van der Waals surface area contributed by atoms with Gasteiger partial charge in [0.1, 0.15) is 5.56 Å². The Bertz CT molecular complexity index is 594. The van der Waals surface area contributed by atoms with Crippen LogP contribution in [0, 0.1) is 13.8 Å². The molecule has 0 unspecified atom stereocenters. The molecule has 2 aromatic rings. The number of rotatable bonds is 1. The highest BCUT2D eigenvalue weighted by Gasteiger charge is 2.16. The molecule has 0 aliphatic rings. The largest absolute Gasteiger partial charge is 0.367 e. The Balaban J connectivity index is 2.77. The lowest BCUT2D eigenvalue weighted by Gasteiger charge is -2.03. The standard InChI is InChI=1S/C12H14N2O2/c1-7-4-5-8(2)9(6-7)10-11(13)16-14(3)12(10)15/h4-6H,13H2,1-3H3. The summed E-state index contributed by atoms with van der Waals surface area (Å²) in [6.07, 6.45) is 0. The molecule has 2 N–H and O–H groups in total. The Labute approximate surface area is 93.3 Å². The van der Waals surface area contributed by atoms with E-state index in [9.17, 15) is 4.79 Å². The normalized spacial score (nSPS) is 10.7. The third-order valence-electron chi connectivity index (χ3n) is 2.64. The van der Waals surface area contributed by atoms with Crippen molar-refractivity contribution in [3.05, 3.63) is 39.7 Å². The second kappa shape index (κ2) is 3.56. The highest BCUT2D eigenvalue weighted by Crippen LogP contribution is 2.26. The highest BCUT2D eigenvalue weighted by atomic mass is 16.5. The first-order valence-corrected chi connectivity index (χ1v) is 5.04. The van der Waals surface area contributed by atoms with E-state index in [-0.39, 0.29) is 11.4 Å². The van der Waals surface area contributed by atoms with Crippen molar-refractivity contribution in [3.63, 3.8) is 0 Å². The van der Waals surface area contributed by atoms with Crippen LogP contribution in [0.25, 0.3) is 11.1 Å². The SMILES string of the molecule is Cc1ccc(C)c(-c2c(N)on(C)c2=O)c1. The number of nitrogens with zero attached hydrogens (tertiary/aromatic N) is 1. The molecule has 1 aromatic heterocycles. The van der Waals surface area contributed by atoms with Crippen LogP contribution in [-0.2, 0) is 7.05 Å². The highest BCUT2D eigenvalue weighted by molar-refractivity contribution is 5.74. The maximum absolute atomic E-state index is 11.8. The number of hydrogen-bond acceptors (Lipinski definition) is 3. The van der Waals surface area contributed by atoms with E-state index in [2.05, 4.69) is 0 Å². The summed E-state index contributed by atoms with van der Waals surface area (Å²) in [4.78, 5) is 11.8. The summed E-state index contributed by atoms with van der Waals surface area (Å²) in [5.74, 6) is 0.168. The predicted molar refractivity (Wildman–Crippen MR) is 63.3 cm³/mol. The quantitative estimate of drug-likeness (QED) is 0.794. The molecule has 1 heterocycles. The van der Waals surface area contributed by atoms with Crippen LogP contribution in [0.15, 0.2) is 27.5 Å². The van der Waals surface area contributed by atoms with E-state index >= 15 is 0 Å². The summed E-state index contributed by atoms with van der Waals surface area (Å²) in [5, 5.41) is 0. The maximum Gasteiger partial charge on any atom is 0.292 e. The molecular formula is C12H14N2O2. The summed E-state index contributed by atoms with van der Waals surface area (Å²) < 4.78 is 6.22. The molecule has 0 bridgehead atoms. The van der Waals surface area contributed by atoms with E-state index in [1.807, 2.05) is 32.0 Å². The van der Waals surface area contributed by atoms with Crippen molar-refractivity contribution in [3.8, 4) is 11.1 Å². The van der Waals surface area contributed by atoms with E-state index in [1.165, 1.54) is 0 Å². The summed E-state index contributed by atoms with van der Waals surface area (Å²) in [6.45, 7) is 3.92. The summed E-state index contributed by atoms with van der Waals surface area (Å²) in [6, 6.07) is 5.91. The van der Waals surface area contributed by atoms with Gasteiger partial charge >= 0.3 is 0 Å². The second-order valence-electron chi connectivity index (χ2n) is 3.95. The number of hydrogen-bond donors (Lipinski definition) is 1. The molecule has 84 valence electrons. The average Bonchev–Trinajstić information content (AvgIpc) is 2.46. The van der Waals surface area contributed by atoms with Crippen LogP contribution in [0.2, 0.25) is 0 Å². The molecule has 4 nitrogen and oxygen atoms in total. The van der Waals surface area contributed by atoms with Gasteiger partial charge in [-0.3, -0.25) is 4.79 Å². The molecule has 16 heavy (non-hydrogen) atoms. The molecule has 0 spiro atoms.